The molecule has 3 aromatic rings. The van der Waals surface area contributed by atoms with Gasteiger partial charge in [0.25, 0.3) is 11.5 Å². The van der Waals surface area contributed by atoms with E-state index in [1.165, 1.54) is 6.07 Å². The van der Waals surface area contributed by atoms with Crippen LogP contribution in [0.5, 0.6) is 0 Å². The second-order valence-electron chi connectivity index (χ2n) is 7.97. The number of nitrogens with one attached hydrogen (secondary N) is 1. The van der Waals surface area contributed by atoms with Crippen LogP contribution in [0.2, 0.25) is 0 Å². The van der Waals surface area contributed by atoms with E-state index in [2.05, 4.69) is 10.2 Å². The quantitative estimate of drug-likeness (QED) is 0.700. The third-order valence-electron chi connectivity index (χ3n) is 6.48. The van der Waals surface area contributed by atoms with Gasteiger partial charge in [-0.1, -0.05) is 36.4 Å². The van der Waals surface area contributed by atoms with Gasteiger partial charge in [0.05, 0.1) is 11.0 Å². The molecule has 5 rings (SSSR count). The molecule has 1 aromatic heterocycles. The van der Waals surface area contributed by atoms with Crippen LogP contribution in [0.25, 0.3) is 10.8 Å². The Labute approximate surface area is 166 Å². The number of hydrogen-bond acceptors (Lipinski definition) is 4. The average molecular weight is 393 g/mol. The normalized spacial score (nSPS) is 26.1. The predicted octanol–water partition coefficient (Wildman–Crippen LogP) is 2.43. The lowest BCUT2D eigenvalue weighted by Crippen LogP contribution is -2.37. The Bertz CT molecular complexity index is 1180. The molecule has 1 aliphatic carbocycles. The minimum Gasteiger partial charge on any atom is -0.385 e. The molecule has 0 unspecified atom stereocenters. The van der Waals surface area contributed by atoms with Crippen molar-refractivity contribution in [3.8, 4) is 0 Å². The number of rotatable bonds is 2. The summed E-state index contributed by atoms with van der Waals surface area (Å²) in [6.07, 6.45) is 1.20. The van der Waals surface area contributed by atoms with Gasteiger partial charge in [0.2, 0.25) is 0 Å². The number of H-pyrrole nitrogens is 1. The maximum atomic E-state index is 14.4. The summed E-state index contributed by atoms with van der Waals surface area (Å²) in [6.45, 7) is 0.804. The fourth-order valence-corrected chi connectivity index (χ4v) is 5.04. The van der Waals surface area contributed by atoms with Gasteiger partial charge < -0.3 is 10.0 Å². The third-order valence-corrected chi connectivity index (χ3v) is 6.48. The van der Waals surface area contributed by atoms with Crippen molar-refractivity contribution in [2.75, 3.05) is 13.1 Å². The number of halogens is 1. The molecular formula is C22H20FN3O3. The van der Waals surface area contributed by atoms with E-state index in [0.717, 1.165) is 6.42 Å². The van der Waals surface area contributed by atoms with Gasteiger partial charge in [-0.15, -0.1) is 0 Å². The van der Waals surface area contributed by atoms with Crippen LogP contribution in [-0.4, -0.2) is 39.2 Å². The van der Waals surface area contributed by atoms with Crippen LogP contribution >= 0.6 is 0 Å². The largest absolute Gasteiger partial charge is 0.385 e. The van der Waals surface area contributed by atoms with Crippen molar-refractivity contribution in [3.05, 3.63) is 76.0 Å². The molecule has 0 spiro atoms. The smallest absolute Gasteiger partial charge is 0.274 e. The summed E-state index contributed by atoms with van der Waals surface area (Å²) >= 11 is 0. The highest BCUT2D eigenvalue weighted by molar-refractivity contribution is 6.04. The second kappa shape index (κ2) is 6.49. The Morgan fingerprint density at radius 1 is 1.14 bits per heavy atom. The Balaban J connectivity index is 1.47. The molecule has 1 saturated heterocycles. The highest BCUT2D eigenvalue weighted by Gasteiger charge is 2.54. The standard InChI is InChI=1S/C22H20FN3O3/c23-18-8-4-3-7-16(18)22(29)10-9-13-11-26(12-17(13)22)21(28)19-14-5-1-2-6-15(14)20(27)25-24-19/h1-8,13,17,29H,9-12H2,(H,25,27)/t13-,17+,22+/m1/s1. The van der Waals surface area contributed by atoms with Crippen molar-refractivity contribution in [2.24, 2.45) is 11.8 Å². The van der Waals surface area contributed by atoms with E-state index in [-0.39, 0.29) is 29.0 Å². The summed E-state index contributed by atoms with van der Waals surface area (Å²) in [6, 6.07) is 13.2. The Hall–Kier alpha value is -3.06. The molecule has 1 saturated carbocycles. The van der Waals surface area contributed by atoms with Crippen LogP contribution in [-0.2, 0) is 5.60 Å². The summed E-state index contributed by atoms with van der Waals surface area (Å²) in [5.74, 6) is -0.855. The monoisotopic (exact) mass is 393 g/mol. The topological polar surface area (TPSA) is 86.3 Å². The van der Waals surface area contributed by atoms with Crippen LogP contribution in [0.15, 0.2) is 53.3 Å². The van der Waals surface area contributed by atoms with Gasteiger partial charge in [-0.2, -0.15) is 5.10 Å². The van der Waals surface area contributed by atoms with Crippen LogP contribution < -0.4 is 5.56 Å². The van der Waals surface area contributed by atoms with Crippen LogP contribution in [0.4, 0.5) is 4.39 Å². The van der Waals surface area contributed by atoms with Crippen molar-refractivity contribution in [2.45, 2.75) is 18.4 Å². The van der Waals surface area contributed by atoms with Crippen LogP contribution in [0.3, 0.4) is 0 Å². The number of aromatic nitrogens is 2. The van der Waals surface area contributed by atoms with E-state index in [0.29, 0.717) is 35.8 Å². The summed E-state index contributed by atoms with van der Waals surface area (Å²) in [5, 5.41) is 18.7. The van der Waals surface area contributed by atoms with Crippen molar-refractivity contribution >= 4 is 16.7 Å². The number of nitrogens with zero attached hydrogens (tertiary/aromatic N) is 2. The molecule has 7 heteroatoms. The fraction of sp³-hybridized carbons (Fsp3) is 0.318. The molecule has 3 atom stereocenters. The van der Waals surface area contributed by atoms with Crippen LogP contribution in [0.1, 0.15) is 28.9 Å². The summed E-state index contributed by atoms with van der Waals surface area (Å²) in [7, 11) is 0. The lowest BCUT2D eigenvalue weighted by molar-refractivity contribution is -0.00894. The maximum Gasteiger partial charge on any atom is 0.274 e. The molecule has 6 nitrogen and oxygen atoms in total. The van der Waals surface area contributed by atoms with Gasteiger partial charge in [0, 0.05) is 30.0 Å². The van der Waals surface area contributed by atoms with Gasteiger partial charge in [0.1, 0.15) is 5.82 Å². The number of amides is 1. The minimum atomic E-state index is -1.29. The van der Waals surface area contributed by atoms with E-state index in [4.69, 9.17) is 0 Å². The molecule has 2 aliphatic rings. The minimum absolute atomic E-state index is 0.0950. The molecule has 1 amide bonds. The number of benzene rings is 2. The molecular weight excluding hydrogens is 373 g/mol. The lowest BCUT2D eigenvalue weighted by atomic mass is 9.82. The number of aromatic amines is 1. The number of likely N-dealkylation sites (tertiary alicyclic amines) is 1. The first-order valence-corrected chi connectivity index (χ1v) is 9.73. The molecule has 148 valence electrons. The molecule has 2 fully saturated rings. The Morgan fingerprint density at radius 2 is 1.86 bits per heavy atom. The van der Waals surface area contributed by atoms with Crippen molar-refractivity contribution in [1.29, 1.82) is 0 Å². The first-order chi connectivity index (χ1) is 14.0. The molecule has 0 bridgehead atoms. The van der Waals surface area contributed by atoms with E-state index in [1.807, 2.05) is 0 Å². The fourth-order valence-electron chi connectivity index (χ4n) is 5.04. The molecule has 1 aliphatic heterocycles. The molecule has 2 aromatic carbocycles. The predicted molar refractivity (Wildman–Crippen MR) is 105 cm³/mol. The highest BCUT2D eigenvalue weighted by atomic mass is 19.1. The Kier molecular flexibility index (Phi) is 4.03. The second-order valence-corrected chi connectivity index (χ2v) is 7.97. The number of fused-ring (bicyclic) bond motifs is 2. The van der Waals surface area contributed by atoms with Crippen molar-refractivity contribution in [3.63, 3.8) is 0 Å². The highest BCUT2D eigenvalue weighted by Crippen LogP contribution is 2.51. The van der Waals surface area contributed by atoms with E-state index in [1.54, 1.807) is 47.4 Å². The SMILES string of the molecule is O=C(c1n[nH]c(=O)c2ccccc12)N1C[C@H]2CC[C@](O)(c3ccccc3F)[C@H]2C1. The van der Waals surface area contributed by atoms with Crippen LogP contribution in [0, 0.1) is 17.7 Å². The molecule has 2 heterocycles. The van der Waals surface area contributed by atoms with E-state index in [9.17, 15) is 19.1 Å². The maximum absolute atomic E-state index is 14.4. The number of carbonyl (C=O) groups excluding carboxylic acids is 1. The van der Waals surface area contributed by atoms with Gasteiger partial charge >= 0.3 is 0 Å². The Morgan fingerprint density at radius 3 is 2.66 bits per heavy atom. The summed E-state index contributed by atoms with van der Waals surface area (Å²) < 4.78 is 14.4. The first kappa shape index (κ1) is 18.0. The summed E-state index contributed by atoms with van der Waals surface area (Å²) in [5.41, 5.74) is -1.14. The van der Waals surface area contributed by atoms with Gasteiger partial charge in [-0.25, -0.2) is 9.49 Å². The van der Waals surface area contributed by atoms with Gasteiger partial charge in [-0.3, -0.25) is 9.59 Å². The third kappa shape index (κ3) is 2.68. The zero-order valence-corrected chi connectivity index (χ0v) is 15.6. The van der Waals surface area contributed by atoms with Gasteiger partial charge in [0.15, 0.2) is 5.69 Å². The zero-order valence-electron chi connectivity index (χ0n) is 15.6. The molecule has 0 radical (unpaired) electrons. The summed E-state index contributed by atoms with van der Waals surface area (Å²) in [4.78, 5) is 26.9. The molecule has 2 N–H and O–H groups in total. The van der Waals surface area contributed by atoms with E-state index < -0.39 is 11.4 Å². The van der Waals surface area contributed by atoms with Crippen molar-refractivity contribution < 1.29 is 14.3 Å². The zero-order chi connectivity index (χ0) is 20.2. The average Bonchev–Trinajstić information content (AvgIpc) is 3.30. The number of hydrogen-bond donors (Lipinski definition) is 2. The van der Waals surface area contributed by atoms with Gasteiger partial charge in [-0.05, 0) is 30.9 Å². The molecule has 29 heavy (non-hydrogen) atoms. The lowest BCUT2D eigenvalue weighted by Gasteiger charge is -2.31. The number of aliphatic hydroxyl groups is 1. The van der Waals surface area contributed by atoms with Crippen molar-refractivity contribution in [1.82, 2.24) is 15.1 Å². The first-order valence-electron chi connectivity index (χ1n) is 9.73. The number of carbonyl (C=O) groups is 1. The van der Waals surface area contributed by atoms with E-state index >= 15 is 0 Å².